The van der Waals surface area contributed by atoms with Gasteiger partial charge in [0.05, 0.1) is 0 Å². The van der Waals surface area contributed by atoms with Gasteiger partial charge in [0.1, 0.15) is 0 Å². The number of nitrogens with one attached hydrogen (secondary N) is 1. The van der Waals surface area contributed by atoms with E-state index in [1.165, 1.54) is 0 Å². The van der Waals surface area contributed by atoms with Crippen LogP contribution >= 0.6 is 0 Å². The molecule has 0 aliphatic heterocycles. The average molecular weight is 185 g/mol. The van der Waals surface area contributed by atoms with E-state index in [0.29, 0.717) is 6.42 Å². The maximum Gasteiger partial charge on any atom is 0.293 e. The standard InChI is InChI=1S/C9H15NO3/c1-5-9(3,4)8(13)10-7(12)6(2)11/h5H2,1-4H3,(H,10,12,13). The number of rotatable bonds is 3. The van der Waals surface area contributed by atoms with Crippen LogP contribution in [-0.4, -0.2) is 17.6 Å². The molecule has 1 N–H and O–H groups in total. The van der Waals surface area contributed by atoms with Crippen LogP contribution < -0.4 is 5.32 Å². The molecule has 0 fully saturated rings. The van der Waals surface area contributed by atoms with Crippen molar-refractivity contribution in [2.24, 2.45) is 5.41 Å². The lowest BCUT2D eigenvalue weighted by molar-refractivity contribution is -0.142. The zero-order valence-electron chi connectivity index (χ0n) is 8.43. The smallest absolute Gasteiger partial charge is 0.289 e. The molecule has 0 saturated carbocycles. The van der Waals surface area contributed by atoms with E-state index in [1.54, 1.807) is 13.8 Å². The van der Waals surface area contributed by atoms with E-state index >= 15 is 0 Å². The topological polar surface area (TPSA) is 63.2 Å². The Hall–Kier alpha value is -1.19. The van der Waals surface area contributed by atoms with Crippen LogP contribution in [0, 0.1) is 5.41 Å². The van der Waals surface area contributed by atoms with Crippen molar-refractivity contribution in [3.8, 4) is 0 Å². The normalized spacial score (nSPS) is 10.8. The van der Waals surface area contributed by atoms with E-state index in [2.05, 4.69) is 0 Å². The number of carbonyl (C=O) groups is 3. The Morgan fingerprint density at radius 1 is 1.23 bits per heavy atom. The Bertz CT molecular complexity index is 243. The van der Waals surface area contributed by atoms with Gasteiger partial charge in [-0.05, 0) is 6.42 Å². The van der Waals surface area contributed by atoms with Crippen molar-refractivity contribution in [1.29, 1.82) is 0 Å². The van der Waals surface area contributed by atoms with E-state index in [0.717, 1.165) is 6.92 Å². The minimum atomic E-state index is -0.841. The second-order valence-corrected chi connectivity index (χ2v) is 3.58. The monoisotopic (exact) mass is 185 g/mol. The van der Waals surface area contributed by atoms with Gasteiger partial charge in [-0.2, -0.15) is 0 Å². The van der Waals surface area contributed by atoms with Crippen LogP contribution in [0.4, 0.5) is 0 Å². The van der Waals surface area contributed by atoms with Gasteiger partial charge in [-0.15, -0.1) is 0 Å². The van der Waals surface area contributed by atoms with Crippen molar-refractivity contribution in [2.75, 3.05) is 0 Å². The molecule has 0 saturated heterocycles. The Balaban J connectivity index is 4.32. The highest BCUT2D eigenvalue weighted by Gasteiger charge is 2.27. The molecule has 0 aromatic rings. The Morgan fingerprint density at radius 3 is 2.00 bits per heavy atom. The van der Waals surface area contributed by atoms with Gasteiger partial charge < -0.3 is 0 Å². The summed E-state index contributed by atoms with van der Waals surface area (Å²) in [5.74, 6) is -1.90. The molecule has 0 bridgehead atoms. The molecule has 2 amide bonds. The molecule has 4 heteroatoms. The third-order valence-electron chi connectivity index (χ3n) is 2.05. The number of imide groups is 1. The molecule has 74 valence electrons. The van der Waals surface area contributed by atoms with Crippen molar-refractivity contribution in [3.05, 3.63) is 0 Å². The van der Waals surface area contributed by atoms with E-state index < -0.39 is 23.0 Å². The molecule has 0 unspecified atom stereocenters. The van der Waals surface area contributed by atoms with Crippen LogP contribution in [-0.2, 0) is 14.4 Å². The lowest BCUT2D eigenvalue weighted by atomic mass is 9.89. The Labute approximate surface area is 77.7 Å². The van der Waals surface area contributed by atoms with Crippen LogP contribution in [0.15, 0.2) is 0 Å². The molecule has 0 aliphatic carbocycles. The number of amides is 2. The molecule has 13 heavy (non-hydrogen) atoms. The van der Waals surface area contributed by atoms with Gasteiger partial charge in [0.2, 0.25) is 11.7 Å². The maximum atomic E-state index is 11.3. The predicted molar refractivity (Wildman–Crippen MR) is 47.9 cm³/mol. The summed E-state index contributed by atoms with van der Waals surface area (Å²) in [6.45, 7) is 6.41. The first-order chi connectivity index (χ1) is 5.81. The lowest BCUT2D eigenvalue weighted by Gasteiger charge is -2.20. The van der Waals surface area contributed by atoms with Gasteiger partial charge in [0, 0.05) is 12.3 Å². The summed E-state index contributed by atoms with van der Waals surface area (Å²) in [5, 5.41) is 2.04. The molecular formula is C9H15NO3. The summed E-state index contributed by atoms with van der Waals surface area (Å²) < 4.78 is 0. The maximum absolute atomic E-state index is 11.3. The van der Waals surface area contributed by atoms with Crippen LogP contribution in [0.2, 0.25) is 0 Å². The molecule has 4 nitrogen and oxygen atoms in total. The van der Waals surface area contributed by atoms with Crippen molar-refractivity contribution in [2.45, 2.75) is 34.1 Å². The fourth-order valence-electron chi connectivity index (χ4n) is 0.521. The molecule has 0 aromatic heterocycles. The molecule has 0 radical (unpaired) electrons. The summed E-state index contributed by atoms with van der Waals surface area (Å²) in [4.78, 5) is 32.7. The highest BCUT2D eigenvalue weighted by molar-refractivity contribution is 6.38. The molecule has 0 spiro atoms. The summed E-state index contributed by atoms with van der Waals surface area (Å²) in [7, 11) is 0. The Kier molecular flexibility index (Phi) is 3.78. The number of carbonyl (C=O) groups excluding carboxylic acids is 3. The van der Waals surface area contributed by atoms with Crippen molar-refractivity contribution >= 4 is 17.6 Å². The zero-order chi connectivity index (χ0) is 10.6. The fraction of sp³-hybridized carbons (Fsp3) is 0.667. The number of ketones is 1. The van der Waals surface area contributed by atoms with Gasteiger partial charge in [-0.1, -0.05) is 20.8 Å². The van der Waals surface area contributed by atoms with Gasteiger partial charge >= 0.3 is 0 Å². The first-order valence-electron chi connectivity index (χ1n) is 4.17. The van der Waals surface area contributed by atoms with Gasteiger partial charge in [-0.25, -0.2) is 0 Å². The van der Waals surface area contributed by atoms with Crippen LogP contribution in [0.1, 0.15) is 34.1 Å². The van der Waals surface area contributed by atoms with E-state index in [1.807, 2.05) is 12.2 Å². The second kappa shape index (κ2) is 4.16. The molecule has 0 heterocycles. The van der Waals surface area contributed by atoms with Gasteiger partial charge in [0.25, 0.3) is 5.91 Å². The lowest BCUT2D eigenvalue weighted by Crippen LogP contribution is -2.42. The highest BCUT2D eigenvalue weighted by Crippen LogP contribution is 2.19. The van der Waals surface area contributed by atoms with Gasteiger partial charge in [0.15, 0.2) is 0 Å². The zero-order valence-corrected chi connectivity index (χ0v) is 8.43. The minimum Gasteiger partial charge on any atom is -0.289 e. The van der Waals surface area contributed by atoms with Crippen LogP contribution in [0.3, 0.4) is 0 Å². The first kappa shape index (κ1) is 11.8. The summed E-state index contributed by atoms with van der Waals surface area (Å²) >= 11 is 0. The van der Waals surface area contributed by atoms with Crippen molar-refractivity contribution < 1.29 is 14.4 Å². The third-order valence-corrected chi connectivity index (χ3v) is 2.05. The second-order valence-electron chi connectivity index (χ2n) is 3.58. The van der Waals surface area contributed by atoms with E-state index in [9.17, 15) is 14.4 Å². The minimum absolute atomic E-state index is 0.407. The van der Waals surface area contributed by atoms with Crippen molar-refractivity contribution in [1.82, 2.24) is 5.32 Å². The quantitative estimate of drug-likeness (QED) is 0.657. The Morgan fingerprint density at radius 2 is 1.69 bits per heavy atom. The molecule has 0 aromatic carbocycles. The van der Waals surface area contributed by atoms with E-state index in [4.69, 9.17) is 0 Å². The number of Topliss-reactive ketones (excluding diaryl/α,β-unsaturated/α-hetero) is 1. The van der Waals surface area contributed by atoms with Crippen molar-refractivity contribution in [3.63, 3.8) is 0 Å². The average Bonchev–Trinajstić information content (AvgIpc) is 2.04. The molecular weight excluding hydrogens is 170 g/mol. The molecule has 0 aliphatic rings. The first-order valence-corrected chi connectivity index (χ1v) is 4.17. The van der Waals surface area contributed by atoms with Crippen LogP contribution in [0.5, 0.6) is 0 Å². The van der Waals surface area contributed by atoms with Gasteiger partial charge in [-0.3, -0.25) is 19.7 Å². The summed E-state index contributed by atoms with van der Waals surface area (Å²) in [6.07, 6.45) is 0.615. The third kappa shape index (κ3) is 3.36. The largest absolute Gasteiger partial charge is 0.293 e. The molecule has 0 rings (SSSR count). The number of hydrogen-bond acceptors (Lipinski definition) is 3. The SMILES string of the molecule is CCC(C)(C)C(=O)NC(=O)C(C)=O. The highest BCUT2D eigenvalue weighted by atomic mass is 16.2. The summed E-state index contributed by atoms with van der Waals surface area (Å²) in [6, 6.07) is 0. The fourth-order valence-corrected chi connectivity index (χ4v) is 0.521. The summed E-state index contributed by atoms with van der Waals surface area (Å²) in [5.41, 5.74) is -0.606. The predicted octanol–water partition coefficient (Wildman–Crippen LogP) is 0.654. The van der Waals surface area contributed by atoms with E-state index in [-0.39, 0.29) is 0 Å². The number of hydrogen-bond donors (Lipinski definition) is 1. The molecule has 0 atom stereocenters. The van der Waals surface area contributed by atoms with Crippen LogP contribution in [0.25, 0.3) is 0 Å².